The average Bonchev–Trinajstić information content (AvgIpc) is 3.61. The topological polar surface area (TPSA) is 0 Å². The zero-order valence-corrected chi connectivity index (χ0v) is 34.0. The molecule has 0 fully saturated rings. The first-order chi connectivity index (χ1) is 22.1. The van der Waals surface area contributed by atoms with E-state index < -0.39 is 17.4 Å². The second kappa shape index (κ2) is 12.7. The molecule has 2 aliphatic rings. The predicted molar refractivity (Wildman–Crippen MR) is 215 cm³/mol. The predicted octanol–water partition coefficient (Wildman–Crippen LogP) is 12.5. The van der Waals surface area contributed by atoms with Crippen LogP contribution in [0.4, 0.5) is 0 Å². The molecule has 242 valence electrons. The van der Waals surface area contributed by atoms with Crippen molar-refractivity contribution in [1.29, 1.82) is 0 Å². The molecule has 2 unspecified atom stereocenters. The van der Waals surface area contributed by atoms with Gasteiger partial charge in [0.15, 0.2) is 0 Å². The fourth-order valence-electron chi connectivity index (χ4n) is 9.43. The Bertz CT molecular complexity index is 2350. The summed E-state index contributed by atoms with van der Waals surface area (Å²) in [5.41, 5.74) is 14.8. The molecule has 0 amide bonds. The second-order valence-electron chi connectivity index (χ2n) is 15.1. The van der Waals surface area contributed by atoms with Crippen LogP contribution in [0.5, 0.6) is 0 Å². The maximum absolute atomic E-state index is 3.79. The molecule has 0 bridgehead atoms. The van der Waals surface area contributed by atoms with Gasteiger partial charge in [0.2, 0.25) is 0 Å². The van der Waals surface area contributed by atoms with Crippen LogP contribution in [0.1, 0.15) is 55.8 Å². The summed E-state index contributed by atoms with van der Waals surface area (Å²) in [7, 11) is 0. The molecule has 0 heterocycles. The first-order valence-corrected chi connectivity index (χ1v) is 30.5. The summed E-state index contributed by atoms with van der Waals surface area (Å²) in [5, 5.41) is 5.30. The van der Waals surface area contributed by atoms with Gasteiger partial charge in [-0.1, -0.05) is 0 Å². The Balaban J connectivity index is 0.00000201. The number of halogens is 2. The number of fused-ring (bicyclic) bond motifs is 4. The van der Waals surface area contributed by atoms with Gasteiger partial charge < -0.3 is 0 Å². The molecule has 4 heteroatoms. The third kappa shape index (κ3) is 5.27. The van der Waals surface area contributed by atoms with E-state index in [0.29, 0.717) is 13.2 Å². The molecule has 48 heavy (non-hydrogen) atoms. The van der Waals surface area contributed by atoms with Gasteiger partial charge >= 0.3 is 278 Å². The Hall–Kier alpha value is -3.00. The van der Waals surface area contributed by atoms with Crippen molar-refractivity contribution in [2.45, 2.75) is 37.3 Å². The molecule has 0 N–H and O–H groups in total. The van der Waals surface area contributed by atoms with Crippen molar-refractivity contribution in [3.8, 4) is 11.1 Å². The van der Waals surface area contributed by atoms with E-state index in [1.807, 2.05) is 0 Å². The molecule has 0 aliphatic heterocycles. The van der Waals surface area contributed by atoms with Gasteiger partial charge in [-0.2, -0.15) is 0 Å². The first-order valence-electron chi connectivity index (χ1n) is 16.8. The summed E-state index contributed by atoms with van der Waals surface area (Å²) in [6.07, 6.45) is 2.61. The van der Waals surface area contributed by atoms with E-state index in [2.05, 4.69) is 170 Å². The minimum Gasteiger partial charge on any atom is -0.147 e. The van der Waals surface area contributed by atoms with Crippen LogP contribution >= 0.6 is 24.8 Å². The van der Waals surface area contributed by atoms with Crippen LogP contribution in [0.25, 0.3) is 44.3 Å². The van der Waals surface area contributed by atoms with Gasteiger partial charge in [-0.05, 0) is 0 Å². The van der Waals surface area contributed by atoms with Gasteiger partial charge in [0.1, 0.15) is 0 Å². The van der Waals surface area contributed by atoms with E-state index in [0.717, 1.165) is 0 Å². The SMILES string of the molecule is CC1=C(c2cccc3ccccc23)c2ccccc2[CH]1[Zr]([CH3])([CH3])(=[SiH2])[CH]1C(C(C)C)=Cc2c(-c3cccc4ccccc34)cccc21.Cl.Cl. The van der Waals surface area contributed by atoms with E-state index in [1.165, 1.54) is 54.9 Å². The Labute approximate surface area is 300 Å². The van der Waals surface area contributed by atoms with Crippen LogP contribution in [-0.4, -0.2) is 6.88 Å². The number of rotatable bonds is 5. The van der Waals surface area contributed by atoms with Crippen molar-refractivity contribution >= 4 is 64.9 Å². The van der Waals surface area contributed by atoms with Crippen molar-refractivity contribution < 1.29 is 17.4 Å². The normalized spacial score (nSPS) is 17.2. The molecular formula is C44H44Cl2SiZr. The summed E-state index contributed by atoms with van der Waals surface area (Å²) in [4.78, 5) is 0. The number of allylic oxidation sites excluding steroid dienone is 2. The Kier molecular flexibility index (Phi) is 9.23. The summed E-state index contributed by atoms with van der Waals surface area (Å²) >= 11 is -3.79. The van der Waals surface area contributed by atoms with Gasteiger partial charge in [-0.3, -0.25) is 0 Å². The van der Waals surface area contributed by atoms with Crippen LogP contribution in [0.15, 0.2) is 139 Å². The molecule has 6 aromatic carbocycles. The average molecular weight is 763 g/mol. The summed E-state index contributed by atoms with van der Waals surface area (Å²) in [6, 6.07) is 47.9. The van der Waals surface area contributed by atoms with E-state index in [1.54, 1.807) is 22.3 Å². The summed E-state index contributed by atoms with van der Waals surface area (Å²) in [5.74, 6) is 0.480. The van der Waals surface area contributed by atoms with E-state index in [9.17, 15) is 0 Å². The molecule has 0 nitrogen and oxygen atoms in total. The smallest absolute Gasteiger partial charge is 0.147 e. The number of hydrogen-bond donors (Lipinski definition) is 0. The van der Waals surface area contributed by atoms with Crippen molar-refractivity contribution in [3.05, 3.63) is 166 Å². The first kappa shape index (κ1) is 34.8. The minimum atomic E-state index is -3.79. The Morgan fingerprint density at radius 2 is 1.02 bits per heavy atom. The third-order valence-corrected chi connectivity index (χ3v) is 28.7. The molecule has 0 spiro atoms. The molecule has 2 atom stereocenters. The largest absolute Gasteiger partial charge is 0.147 e. The Morgan fingerprint density at radius 1 is 0.542 bits per heavy atom. The van der Waals surface area contributed by atoms with E-state index in [-0.39, 0.29) is 24.8 Å². The zero-order chi connectivity index (χ0) is 31.8. The summed E-state index contributed by atoms with van der Waals surface area (Å²) in [6.45, 7) is 9.77. The van der Waals surface area contributed by atoms with E-state index in [4.69, 9.17) is 0 Å². The zero-order valence-electron chi connectivity index (χ0n) is 28.5. The maximum atomic E-state index is 2.78. The van der Waals surface area contributed by atoms with Crippen molar-refractivity contribution in [3.63, 3.8) is 0 Å². The van der Waals surface area contributed by atoms with E-state index >= 15 is 0 Å². The molecule has 0 radical (unpaired) electrons. The number of benzene rings is 6. The van der Waals surface area contributed by atoms with Gasteiger partial charge in [0, 0.05) is 0 Å². The van der Waals surface area contributed by atoms with Crippen LogP contribution < -0.4 is 0 Å². The minimum absolute atomic E-state index is 0. The monoisotopic (exact) mass is 760 g/mol. The number of hydrogen-bond acceptors (Lipinski definition) is 0. The van der Waals surface area contributed by atoms with Gasteiger partial charge in [-0.25, -0.2) is 0 Å². The summed E-state index contributed by atoms with van der Waals surface area (Å²) < 4.78 is 6.49. The molecular weight excluding hydrogens is 719 g/mol. The molecule has 0 aromatic heterocycles. The van der Waals surface area contributed by atoms with Crippen molar-refractivity contribution in [2.24, 2.45) is 5.92 Å². The van der Waals surface area contributed by atoms with Crippen LogP contribution in [0, 0.1) is 5.92 Å². The fourth-order valence-corrected chi connectivity index (χ4v) is 29.9. The van der Waals surface area contributed by atoms with Gasteiger partial charge in [-0.15, -0.1) is 24.8 Å². The van der Waals surface area contributed by atoms with Crippen LogP contribution in [0.3, 0.4) is 0 Å². The molecule has 0 saturated heterocycles. The Morgan fingerprint density at radius 3 is 1.69 bits per heavy atom. The third-order valence-electron chi connectivity index (χ3n) is 11.2. The van der Waals surface area contributed by atoms with Crippen molar-refractivity contribution in [1.82, 2.24) is 0 Å². The molecule has 6 aromatic rings. The van der Waals surface area contributed by atoms with Crippen molar-refractivity contribution in [2.75, 3.05) is 0 Å². The fraction of sp³-hybridized carbons (Fsp3) is 0.182. The standard InChI is InChI=1S/C22H19.C20H15.2CH3.2ClH.H2Si.Zr/c1-15(2)18-13-17-9-6-12-21(22(17)14-18)20-11-5-8-16-7-3-4-10-19(16)20;1-14-13-16-8-3-5-11-18(16)20(14)19-12-6-9-15-7-2-4-10-17(15)19;;;;;;/h3-15H,1-2H3;2-13H,1H3;2*1H3;2*1H;1H2;. The van der Waals surface area contributed by atoms with Crippen LogP contribution in [0.2, 0.25) is 9.26 Å². The van der Waals surface area contributed by atoms with Gasteiger partial charge in [0.25, 0.3) is 0 Å². The molecule has 2 aliphatic carbocycles. The quantitative estimate of drug-likeness (QED) is 0.153. The molecule has 8 rings (SSSR count). The maximum Gasteiger partial charge on any atom is -0.147 e. The van der Waals surface area contributed by atoms with Gasteiger partial charge in [0.05, 0.1) is 0 Å². The van der Waals surface area contributed by atoms with Crippen LogP contribution in [-0.2, 0) is 17.4 Å². The molecule has 0 saturated carbocycles. The second-order valence-corrected chi connectivity index (χ2v) is 45.6.